The minimum Gasteiger partial charge on any atom is -0.493 e. The van der Waals surface area contributed by atoms with E-state index in [9.17, 15) is 4.79 Å². The van der Waals surface area contributed by atoms with Crippen molar-refractivity contribution < 1.29 is 19.2 Å². The fourth-order valence-electron chi connectivity index (χ4n) is 2.98. The second-order valence-corrected chi connectivity index (χ2v) is 6.85. The summed E-state index contributed by atoms with van der Waals surface area (Å²) in [5.41, 5.74) is 2.33. The Morgan fingerprint density at radius 2 is 1.74 bits per heavy atom. The molecule has 0 fully saturated rings. The third kappa shape index (κ3) is 6.61. The SMILES string of the molecule is COc1ccc(CC[NH+](C)CCC(=O)N[C@@H](C)c2ccccc2)cc1OC. The summed E-state index contributed by atoms with van der Waals surface area (Å²) in [6, 6.07) is 16.1. The number of quaternary nitrogens is 1. The van der Waals surface area contributed by atoms with Crippen molar-refractivity contribution in [3.05, 3.63) is 59.7 Å². The van der Waals surface area contributed by atoms with Crippen LogP contribution in [0.1, 0.15) is 30.5 Å². The Hall–Kier alpha value is -2.53. The van der Waals surface area contributed by atoms with Crippen LogP contribution in [0.2, 0.25) is 0 Å². The first-order chi connectivity index (χ1) is 13.0. The van der Waals surface area contributed by atoms with Crippen LogP contribution in [0.25, 0.3) is 0 Å². The maximum Gasteiger partial charge on any atom is 0.226 e. The van der Waals surface area contributed by atoms with Gasteiger partial charge < -0.3 is 19.7 Å². The summed E-state index contributed by atoms with van der Waals surface area (Å²) < 4.78 is 10.6. The molecule has 2 aromatic rings. The predicted octanol–water partition coefficient (Wildman–Crippen LogP) is 2.03. The molecule has 0 aliphatic carbocycles. The van der Waals surface area contributed by atoms with Gasteiger partial charge in [0.25, 0.3) is 0 Å². The molecule has 0 bridgehead atoms. The number of amides is 1. The van der Waals surface area contributed by atoms with E-state index in [1.807, 2.05) is 49.4 Å². The number of ether oxygens (including phenoxy) is 2. The van der Waals surface area contributed by atoms with Crippen molar-refractivity contribution in [2.75, 3.05) is 34.4 Å². The zero-order chi connectivity index (χ0) is 19.6. The first kappa shape index (κ1) is 20.8. The predicted molar refractivity (Wildman–Crippen MR) is 107 cm³/mol. The zero-order valence-electron chi connectivity index (χ0n) is 16.7. The second kappa shape index (κ2) is 10.6. The summed E-state index contributed by atoms with van der Waals surface area (Å²) in [6.07, 6.45) is 1.45. The minimum atomic E-state index is 0.0331. The molecule has 0 aromatic heterocycles. The molecule has 0 heterocycles. The number of nitrogens with one attached hydrogen (secondary N) is 2. The summed E-state index contributed by atoms with van der Waals surface area (Å²) in [5, 5.41) is 3.07. The van der Waals surface area contributed by atoms with Gasteiger partial charge in [0, 0.05) is 6.42 Å². The summed E-state index contributed by atoms with van der Waals surface area (Å²) >= 11 is 0. The number of benzene rings is 2. The third-order valence-corrected chi connectivity index (χ3v) is 4.74. The first-order valence-corrected chi connectivity index (χ1v) is 9.40. The monoisotopic (exact) mass is 371 g/mol. The summed E-state index contributed by atoms with van der Waals surface area (Å²) in [7, 11) is 5.40. The van der Waals surface area contributed by atoms with Crippen LogP contribution in [-0.4, -0.2) is 40.3 Å². The topological polar surface area (TPSA) is 52.0 Å². The molecule has 0 aliphatic heterocycles. The lowest BCUT2D eigenvalue weighted by molar-refractivity contribution is -0.878. The molecular weight excluding hydrogens is 340 g/mol. The standard InChI is InChI=1S/C22H30N2O3/c1-17(19-8-6-5-7-9-19)23-22(25)13-15-24(2)14-12-18-10-11-20(26-3)21(16-18)27-4/h5-11,16-17H,12-15H2,1-4H3,(H,23,25)/p+1/t17-/m0/s1. The molecule has 5 nitrogen and oxygen atoms in total. The third-order valence-electron chi connectivity index (χ3n) is 4.74. The average Bonchev–Trinajstić information content (AvgIpc) is 2.71. The normalized spacial score (nSPS) is 12.9. The molecule has 2 atom stereocenters. The van der Waals surface area contributed by atoms with Gasteiger partial charge in [-0.25, -0.2) is 0 Å². The molecule has 0 saturated carbocycles. The molecule has 2 aromatic carbocycles. The average molecular weight is 372 g/mol. The highest BCUT2D eigenvalue weighted by Gasteiger charge is 2.12. The molecule has 146 valence electrons. The van der Waals surface area contributed by atoms with Gasteiger partial charge in [-0.15, -0.1) is 0 Å². The molecule has 5 heteroatoms. The van der Waals surface area contributed by atoms with E-state index in [1.165, 1.54) is 10.5 Å². The molecule has 2 rings (SSSR count). The van der Waals surface area contributed by atoms with Gasteiger partial charge in [0.2, 0.25) is 5.91 Å². The highest BCUT2D eigenvalue weighted by Crippen LogP contribution is 2.27. The van der Waals surface area contributed by atoms with E-state index in [1.54, 1.807) is 14.2 Å². The number of hydrogen-bond donors (Lipinski definition) is 2. The van der Waals surface area contributed by atoms with Crippen molar-refractivity contribution >= 4 is 5.91 Å². The first-order valence-electron chi connectivity index (χ1n) is 9.40. The van der Waals surface area contributed by atoms with Crippen LogP contribution >= 0.6 is 0 Å². The number of carbonyl (C=O) groups is 1. The van der Waals surface area contributed by atoms with E-state index in [4.69, 9.17) is 9.47 Å². The van der Waals surface area contributed by atoms with Crippen LogP contribution in [0.15, 0.2) is 48.5 Å². The van der Waals surface area contributed by atoms with E-state index in [0.717, 1.165) is 36.6 Å². The van der Waals surface area contributed by atoms with Crippen LogP contribution in [0.5, 0.6) is 11.5 Å². The zero-order valence-corrected chi connectivity index (χ0v) is 16.7. The Bertz CT molecular complexity index is 719. The maximum atomic E-state index is 12.2. The number of methoxy groups -OCH3 is 2. The Morgan fingerprint density at radius 1 is 1.04 bits per heavy atom. The molecule has 0 radical (unpaired) electrons. The Kier molecular flexibility index (Phi) is 8.14. The lowest BCUT2D eigenvalue weighted by atomic mass is 10.1. The highest BCUT2D eigenvalue weighted by molar-refractivity contribution is 5.76. The number of likely N-dealkylation sites (N-methyl/N-ethyl adjacent to an activating group) is 1. The molecule has 27 heavy (non-hydrogen) atoms. The lowest BCUT2D eigenvalue weighted by Crippen LogP contribution is -3.09. The summed E-state index contributed by atoms with van der Waals surface area (Å²) in [4.78, 5) is 13.5. The lowest BCUT2D eigenvalue weighted by Gasteiger charge is -2.17. The Balaban J connectivity index is 1.74. The second-order valence-electron chi connectivity index (χ2n) is 6.85. The van der Waals surface area contributed by atoms with E-state index in [-0.39, 0.29) is 11.9 Å². The Labute approximate surface area is 162 Å². The van der Waals surface area contributed by atoms with Gasteiger partial charge in [-0.2, -0.15) is 0 Å². The van der Waals surface area contributed by atoms with Gasteiger partial charge >= 0.3 is 0 Å². The molecular formula is C22H31N2O3+. The van der Waals surface area contributed by atoms with Gasteiger partial charge in [-0.05, 0) is 30.2 Å². The smallest absolute Gasteiger partial charge is 0.226 e. The van der Waals surface area contributed by atoms with Gasteiger partial charge in [0.05, 0.1) is 46.8 Å². The highest BCUT2D eigenvalue weighted by atomic mass is 16.5. The van der Waals surface area contributed by atoms with Crippen LogP contribution < -0.4 is 19.7 Å². The minimum absolute atomic E-state index is 0.0331. The van der Waals surface area contributed by atoms with E-state index in [2.05, 4.69) is 18.4 Å². The van der Waals surface area contributed by atoms with Crippen LogP contribution in [-0.2, 0) is 11.2 Å². The van der Waals surface area contributed by atoms with Crippen molar-refractivity contribution in [3.63, 3.8) is 0 Å². The van der Waals surface area contributed by atoms with Gasteiger partial charge in [-0.1, -0.05) is 36.4 Å². The van der Waals surface area contributed by atoms with Crippen LogP contribution in [0, 0.1) is 0 Å². The van der Waals surface area contributed by atoms with Crippen molar-refractivity contribution in [2.24, 2.45) is 0 Å². The number of rotatable bonds is 10. The molecule has 2 N–H and O–H groups in total. The largest absolute Gasteiger partial charge is 0.493 e. The molecule has 0 aliphatic rings. The Morgan fingerprint density at radius 3 is 2.41 bits per heavy atom. The quantitative estimate of drug-likeness (QED) is 0.672. The fraction of sp³-hybridized carbons (Fsp3) is 0.409. The molecule has 1 unspecified atom stereocenters. The van der Waals surface area contributed by atoms with E-state index in [0.29, 0.717) is 6.42 Å². The van der Waals surface area contributed by atoms with Gasteiger partial charge in [-0.3, -0.25) is 4.79 Å². The van der Waals surface area contributed by atoms with E-state index >= 15 is 0 Å². The van der Waals surface area contributed by atoms with Crippen molar-refractivity contribution in [2.45, 2.75) is 25.8 Å². The van der Waals surface area contributed by atoms with Gasteiger partial charge in [0.15, 0.2) is 11.5 Å². The molecule has 1 amide bonds. The molecule has 0 saturated heterocycles. The fourth-order valence-corrected chi connectivity index (χ4v) is 2.98. The van der Waals surface area contributed by atoms with Crippen LogP contribution in [0.4, 0.5) is 0 Å². The molecule has 0 spiro atoms. The maximum absolute atomic E-state index is 12.2. The number of hydrogen-bond acceptors (Lipinski definition) is 3. The van der Waals surface area contributed by atoms with Gasteiger partial charge in [0.1, 0.15) is 0 Å². The van der Waals surface area contributed by atoms with Crippen molar-refractivity contribution in [1.82, 2.24) is 5.32 Å². The van der Waals surface area contributed by atoms with Crippen LogP contribution in [0.3, 0.4) is 0 Å². The summed E-state index contributed by atoms with van der Waals surface area (Å²) in [6.45, 7) is 3.78. The van der Waals surface area contributed by atoms with E-state index < -0.39 is 0 Å². The number of carbonyl (C=O) groups excluding carboxylic acids is 1. The van der Waals surface area contributed by atoms with Crippen molar-refractivity contribution in [3.8, 4) is 11.5 Å². The van der Waals surface area contributed by atoms with Crippen molar-refractivity contribution in [1.29, 1.82) is 0 Å². The summed E-state index contributed by atoms with van der Waals surface area (Å²) in [5.74, 6) is 1.59.